The highest BCUT2D eigenvalue weighted by Gasteiger charge is 2.17. The predicted octanol–water partition coefficient (Wildman–Crippen LogP) is 2.92. The first-order valence-corrected chi connectivity index (χ1v) is 5.47. The molecule has 0 N–H and O–H groups in total. The van der Waals surface area contributed by atoms with E-state index >= 15 is 0 Å². The summed E-state index contributed by atoms with van der Waals surface area (Å²) in [6, 6.07) is 0. The number of rotatable bonds is 3. The SMILES string of the molecule is CCOC(=O)/C=C(\CBr)C(C)(C)C. The summed E-state index contributed by atoms with van der Waals surface area (Å²) in [5.41, 5.74) is 1.06. The van der Waals surface area contributed by atoms with Crippen LogP contribution in [-0.4, -0.2) is 17.9 Å². The summed E-state index contributed by atoms with van der Waals surface area (Å²) in [6.07, 6.45) is 1.57. The van der Waals surface area contributed by atoms with Gasteiger partial charge in [0.1, 0.15) is 0 Å². The topological polar surface area (TPSA) is 26.3 Å². The molecule has 0 aliphatic heterocycles. The van der Waals surface area contributed by atoms with E-state index in [0.717, 1.165) is 5.57 Å². The van der Waals surface area contributed by atoms with Gasteiger partial charge in [-0.15, -0.1) is 0 Å². The zero-order valence-corrected chi connectivity index (χ0v) is 10.3. The van der Waals surface area contributed by atoms with Crippen molar-refractivity contribution >= 4 is 21.9 Å². The predicted molar refractivity (Wildman–Crippen MR) is 58.0 cm³/mol. The Hall–Kier alpha value is -0.310. The van der Waals surface area contributed by atoms with Crippen molar-refractivity contribution in [2.75, 3.05) is 11.9 Å². The second-order valence-electron chi connectivity index (χ2n) is 3.81. The molecule has 3 heteroatoms. The number of esters is 1. The summed E-state index contributed by atoms with van der Waals surface area (Å²) >= 11 is 3.36. The summed E-state index contributed by atoms with van der Waals surface area (Å²) < 4.78 is 4.83. The van der Waals surface area contributed by atoms with Crippen LogP contribution in [0.2, 0.25) is 0 Å². The molecule has 0 aromatic carbocycles. The zero-order valence-electron chi connectivity index (χ0n) is 8.69. The van der Waals surface area contributed by atoms with Crippen LogP contribution in [0.4, 0.5) is 0 Å². The van der Waals surface area contributed by atoms with E-state index in [9.17, 15) is 4.79 Å². The zero-order chi connectivity index (χ0) is 10.5. The molecule has 0 fully saturated rings. The number of carbonyl (C=O) groups is 1. The van der Waals surface area contributed by atoms with E-state index in [-0.39, 0.29) is 11.4 Å². The van der Waals surface area contributed by atoms with E-state index in [4.69, 9.17) is 4.74 Å². The lowest BCUT2D eigenvalue weighted by Gasteiger charge is -2.20. The van der Waals surface area contributed by atoms with Gasteiger partial charge in [0.05, 0.1) is 6.61 Å². The van der Waals surface area contributed by atoms with Gasteiger partial charge in [-0.1, -0.05) is 36.7 Å². The smallest absolute Gasteiger partial charge is 0.330 e. The van der Waals surface area contributed by atoms with E-state index in [1.54, 1.807) is 13.0 Å². The monoisotopic (exact) mass is 248 g/mol. The quantitative estimate of drug-likeness (QED) is 0.436. The molecule has 0 aliphatic rings. The molecular weight excluding hydrogens is 232 g/mol. The van der Waals surface area contributed by atoms with Crippen molar-refractivity contribution in [1.82, 2.24) is 0 Å². The summed E-state index contributed by atoms with van der Waals surface area (Å²) in [6.45, 7) is 8.43. The van der Waals surface area contributed by atoms with E-state index in [1.807, 2.05) is 0 Å². The summed E-state index contributed by atoms with van der Waals surface area (Å²) in [7, 11) is 0. The van der Waals surface area contributed by atoms with Crippen molar-refractivity contribution in [3.8, 4) is 0 Å². The van der Waals surface area contributed by atoms with E-state index in [1.165, 1.54) is 0 Å². The highest BCUT2D eigenvalue weighted by molar-refractivity contribution is 9.09. The van der Waals surface area contributed by atoms with Crippen LogP contribution in [0.5, 0.6) is 0 Å². The van der Waals surface area contributed by atoms with E-state index in [2.05, 4.69) is 36.7 Å². The van der Waals surface area contributed by atoms with Crippen LogP contribution in [0, 0.1) is 5.41 Å². The van der Waals surface area contributed by atoms with Gasteiger partial charge >= 0.3 is 5.97 Å². The molecule has 0 aliphatic carbocycles. The lowest BCUT2D eigenvalue weighted by atomic mass is 9.87. The highest BCUT2D eigenvalue weighted by Crippen LogP contribution is 2.26. The van der Waals surface area contributed by atoms with Crippen molar-refractivity contribution in [1.29, 1.82) is 0 Å². The van der Waals surface area contributed by atoms with Gasteiger partial charge in [0.15, 0.2) is 0 Å². The minimum atomic E-state index is -0.258. The van der Waals surface area contributed by atoms with Crippen molar-refractivity contribution in [2.24, 2.45) is 5.41 Å². The molecule has 0 spiro atoms. The minimum Gasteiger partial charge on any atom is -0.463 e. The molecule has 0 radical (unpaired) electrons. The molecule has 2 nitrogen and oxygen atoms in total. The average Bonchev–Trinajstić information content (AvgIpc) is 1.98. The second-order valence-corrected chi connectivity index (χ2v) is 4.37. The number of hydrogen-bond acceptors (Lipinski definition) is 2. The molecule has 76 valence electrons. The molecular formula is C10H17BrO2. The molecule has 0 unspecified atom stereocenters. The van der Waals surface area contributed by atoms with Crippen LogP contribution in [-0.2, 0) is 9.53 Å². The van der Waals surface area contributed by atoms with Crippen LogP contribution in [0.1, 0.15) is 27.7 Å². The Balaban J connectivity index is 4.48. The second kappa shape index (κ2) is 5.43. The molecule has 0 saturated heterocycles. The van der Waals surface area contributed by atoms with Crippen LogP contribution < -0.4 is 0 Å². The van der Waals surface area contributed by atoms with E-state index in [0.29, 0.717) is 11.9 Å². The fourth-order valence-electron chi connectivity index (χ4n) is 0.782. The van der Waals surface area contributed by atoms with Crippen LogP contribution in [0.25, 0.3) is 0 Å². The maximum Gasteiger partial charge on any atom is 0.330 e. The first kappa shape index (κ1) is 12.7. The number of hydrogen-bond donors (Lipinski definition) is 0. The summed E-state index contributed by atoms with van der Waals surface area (Å²) in [5, 5.41) is 0.704. The highest BCUT2D eigenvalue weighted by atomic mass is 79.9. The average molecular weight is 249 g/mol. The molecule has 0 heterocycles. The molecule has 0 aromatic heterocycles. The van der Waals surface area contributed by atoms with Gasteiger partial charge in [0.25, 0.3) is 0 Å². The van der Waals surface area contributed by atoms with Crippen molar-refractivity contribution in [3.63, 3.8) is 0 Å². The van der Waals surface area contributed by atoms with Gasteiger partial charge < -0.3 is 4.74 Å². The van der Waals surface area contributed by atoms with Crippen LogP contribution in [0.3, 0.4) is 0 Å². The Morgan fingerprint density at radius 1 is 1.46 bits per heavy atom. The Morgan fingerprint density at radius 2 is 2.00 bits per heavy atom. The molecule has 13 heavy (non-hydrogen) atoms. The Bertz CT molecular complexity index is 201. The molecule has 0 aromatic rings. The van der Waals surface area contributed by atoms with Gasteiger partial charge in [0.2, 0.25) is 0 Å². The van der Waals surface area contributed by atoms with Gasteiger partial charge in [-0.2, -0.15) is 0 Å². The third-order valence-corrected chi connectivity index (χ3v) is 2.29. The summed E-state index contributed by atoms with van der Waals surface area (Å²) in [5.74, 6) is -0.258. The number of halogens is 1. The number of alkyl halides is 1. The Morgan fingerprint density at radius 3 is 2.31 bits per heavy atom. The number of allylic oxidation sites excluding steroid dienone is 1. The standard InChI is InChI=1S/C10H17BrO2/c1-5-13-9(12)6-8(7-11)10(2,3)4/h6H,5,7H2,1-4H3/b8-6+. The van der Waals surface area contributed by atoms with Crippen LogP contribution >= 0.6 is 15.9 Å². The third-order valence-electron chi connectivity index (χ3n) is 1.69. The fourth-order valence-corrected chi connectivity index (χ4v) is 1.78. The van der Waals surface area contributed by atoms with Crippen molar-refractivity contribution in [2.45, 2.75) is 27.7 Å². The van der Waals surface area contributed by atoms with Crippen LogP contribution in [0.15, 0.2) is 11.6 Å². The molecule has 0 atom stereocenters. The lowest BCUT2D eigenvalue weighted by Crippen LogP contribution is -2.13. The van der Waals surface area contributed by atoms with Gasteiger partial charge in [0, 0.05) is 11.4 Å². The van der Waals surface area contributed by atoms with Crippen molar-refractivity contribution in [3.05, 3.63) is 11.6 Å². The Kier molecular flexibility index (Phi) is 5.30. The minimum absolute atomic E-state index is 0.0102. The molecule has 0 saturated carbocycles. The lowest BCUT2D eigenvalue weighted by molar-refractivity contribution is -0.137. The molecule has 0 amide bonds. The van der Waals surface area contributed by atoms with Gasteiger partial charge in [-0.3, -0.25) is 0 Å². The number of ether oxygens (including phenoxy) is 1. The molecule has 0 bridgehead atoms. The van der Waals surface area contributed by atoms with Crippen molar-refractivity contribution < 1.29 is 9.53 Å². The number of carbonyl (C=O) groups excluding carboxylic acids is 1. The third kappa shape index (κ3) is 5.09. The van der Waals surface area contributed by atoms with Gasteiger partial charge in [-0.25, -0.2) is 4.79 Å². The van der Waals surface area contributed by atoms with E-state index < -0.39 is 0 Å². The normalized spacial score (nSPS) is 12.8. The largest absolute Gasteiger partial charge is 0.463 e. The first-order chi connectivity index (χ1) is 5.91. The Labute approximate surface area is 88.5 Å². The maximum atomic E-state index is 11.1. The summed E-state index contributed by atoms with van der Waals surface area (Å²) in [4.78, 5) is 11.1. The maximum absolute atomic E-state index is 11.1. The van der Waals surface area contributed by atoms with Gasteiger partial charge in [-0.05, 0) is 17.9 Å². The molecule has 0 rings (SSSR count). The first-order valence-electron chi connectivity index (χ1n) is 4.35. The fraction of sp³-hybridized carbons (Fsp3) is 0.700.